The molecule has 0 spiro atoms. The zero-order valence-electron chi connectivity index (χ0n) is 5.80. The molecule has 1 aromatic heterocycles. The van der Waals surface area contributed by atoms with Gasteiger partial charge in [-0.15, -0.1) is 11.3 Å². The number of rotatable bonds is 1. The standard InChI is InChI=1S/C5H2ClF3O2S2/c6-13(10,11)4-2-1-3(12-4)5(7,8)9/h1-2H. The van der Waals surface area contributed by atoms with E-state index >= 15 is 0 Å². The zero-order chi connectivity index (χ0) is 10.3. The summed E-state index contributed by atoms with van der Waals surface area (Å²) in [6.45, 7) is 0. The van der Waals surface area contributed by atoms with Crippen molar-refractivity contribution in [2.75, 3.05) is 0 Å². The van der Waals surface area contributed by atoms with Crippen LogP contribution in [0.5, 0.6) is 0 Å². The van der Waals surface area contributed by atoms with Gasteiger partial charge in [0.05, 0.1) is 0 Å². The van der Waals surface area contributed by atoms with Crippen molar-refractivity contribution in [3.63, 3.8) is 0 Å². The topological polar surface area (TPSA) is 34.1 Å². The summed E-state index contributed by atoms with van der Waals surface area (Å²) >= 11 is 0.102. The van der Waals surface area contributed by atoms with Gasteiger partial charge in [0.1, 0.15) is 9.09 Å². The Hall–Kier alpha value is -0.270. The van der Waals surface area contributed by atoms with Crippen LogP contribution in [0.2, 0.25) is 0 Å². The molecule has 1 rings (SSSR count). The molecule has 0 saturated heterocycles. The summed E-state index contributed by atoms with van der Waals surface area (Å²) in [6.07, 6.45) is -4.52. The highest BCUT2D eigenvalue weighted by Crippen LogP contribution is 2.36. The van der Waals surface area contributed by atoms with Crippen LogP contribution in [-0.4, -0.2) is 8.42 Å². The first-order valence-electron chi connectivity index (χ1n) is 2.83. The molecule has 0 aliphatic heterocycles. The summed E-state index contributed by atoms with van der Waals surface area (Å²) in [7, 11) is 0.786. The lowest BCUT2D eigenvalue weighted by Gasteiger charge is -1.99. The van der Waals surface area contributed by atoms with Crippen molar-refractivity contribution in [3.8, 4) is 0 Å². The van der Waals surface area contributed by atoms with Crippen LogP contribution in [0.4, 0.5) is 13.2 Å². The minimum Gasteiger partial charge on any atom is -0.206 e. The Kier molecular flexibility index (Phi) is 2.61. The Bertz CT molecular complexity index is 406. The monoisotopic (exact) mass is 250 g/mol. The van der Waals surface area contributed by atoms with E-state index in [1.807, 2.05) is 0 Å². The van der Waals surface area contributed by atoms with Crippen LogP contribution in [-0.2, 0) is 15.2 Å². The Balaban J connectivity index is 3.16. The second kappa shape index (κ2) is 3.14. The van der Waals surface area contributed by atoms with E-state index in [0.29, 0.717) is 6.07 Å². The summed E-state index contributed by atoms with van der Waals surface area (Å²) in [4.78, 5) is -0.980. The highest BCUT2D eigenvalue weighted by molar-refractivity contribution is 8.15. The van der Waals surface area contributed by atoms with Crippen molar-refractivity contribution >= 4 is 31.1 Å². The van der Waals surface area contributed by atoms with E-state index in [9.17, 15) is 21.6 Å². The highest BCUT2D eigenvalue weighted by Gasteiger charge is 2.33. The van der Waals surface area contributed by atoms with Gasteiger partial charge < -0.3 is 0 Å². The Morgan fingerprint density at radius 2 is 1.85 bits per heavy atom. The minimum absolute atomic E-state index is 0.102. The second-order valence-corrected chi connectivity index (χ2v) is 5.93. The van der Waals surface area contributed by atoms with E-state index in [2.05, 4.69) is 0 Å². The number of hydrogen-bond acceptors (Lipinski definition) is 3. The lowest BCUT2D eigenvalue weighted by Crippen LogP contribution is -2.00. The molecule has 0 fully saturated rings. The molecule has 1 aromatic rings. The van der Waals surface area contributed by atoms with Gasteiger partial charge in [-0.05, 0) is 12.1 Å². The lowest BCUT2D eigenvalue weighted by molar-refractivity contribution is -0.134. The van der Waals surface area contributed by atoms with Crippen molar-refractivity contribution in [1.29, 1.82) is 0 Å². The fourth-order valence-electron chi connectivity index (χ4n) is 0.604. The summed E-state index contributed by atoms with van der Waals surface area (Å²) in [5.74, 6) is 0. The first kappa shape index (κ1) is 10.8. The van der Waals surface area contributed by atoms with Gasteiger partial charge in [0.2, 0.25) is 0 Å². The maximum Gasteiger partial charge on any atom is 0.425 e. The highest BCUT2D eigenvalue weighted by atomic mass is 35.7. The van der Waals surface area contributed by atoms with E-state index in [1.54, 1.807) is 0 Å². The SMILES string of the molecule is O=S(=O)(Cl)c1ccc(C(F)(F)F)s1. The van der Waals surface area contributed by atoms with Crippen molar-refractivity contribution < 1.29 is 21.6 Å². The van der Waals surface area contributed by atoms with Crippen molar-refractivity contribution in [3.05, 3.63) is 17.0 Å². The first-order chi connectivity index (χ1) is 5.71. The molecule has 74 valence electrons. The molecular formula is C5H2ClF3O2S2. The Morgan fingerprint density at radius 1 is 1.31 bits per heavy atom. The molecule has 0 atom stereocenters. The average molecular weight is 251 g/mol. The van der Waals surface area contributed by atoms with Gasteiger partial charge in [0.15, 0.2) is 0 Å². The maximum absolute atomic E-state index is 12.0. The molecule has 1 heterocycles. The summed E-state index contributed by atoms with van der Waals surface area (Å²) in [6, 6.07) is 1.51. The van der Waals surface area contributed by atoms with Crippen LogP contribution < -0.4 is 0 Å². The molecule has 0 aliphatic carbocycles. The average Bonchev–Trinajstić information content (AvgIpc) is 2.28. The maximum atomic E-state index is 12.0. The van der Waals surface area contributed by atoms with Crippen molar-refractivity contribution in [2.45, 2.75) is 10.4 Å². The molecule has 0 N–H and O–H groups in total. The van der Waals surface area contributed by atoms with Crippen LogP contribution in [0.15, 0.2) is 16.3 Å². The number of halogens is 4. The minimum atomic E-state index is -4.52. The predicted octanol–water partition coefficient (Wildman–Crippen LogP) is 2.69. The van der Waals surface area contributed by atoms with Crippen LogP contribution >= 0.6 is 22.0 Å². The van der Waals surface area contributed by atoms with Crippen molar-refractivity contribution in [1.82, 2.24) is 0 Å². The van der Waals surface area contributed by atoms with E-state index in [0.717, 1.165) is 6.07 Å². The van der Waals surface area contributed by atoms with Gasteiger partial charge in [-0.2, -0.15) is 13.2 Å². The molecule has 13 heavy (non-hydrogen) atoms. The third kappa shape index (κ3) is 2.58. The summed E-state index contributed by atoms with van der Waals surface area (Å²) in [5, 5.41) is 0. The third-order valence-electron chi connectivity index (χ3n) is 1.10. The van der Waals surface area contributed by atoms with Gasteiger partial charge in [-0.1, -0.05) is 0 Å². The molecule has 0 saturated carbocycles. The zero-order valence-corrected chi connectivity index (χ0v) is 8.19. The summed E-state index contributed by atoms with van der Waals surface area (Å²) < 4.78 is 56.6. The number of thiophene rings is 1. The van der Waals surface area contributed by atoms with Crippen LogP contribution in [0.1, 0.15) is 4.88 Å². The van der Waals surface area contributed by atoms with Gasteiger partial charge in [-0.3, -0.25) is 0 Å². The molecule has 0 bridgehead atoms. The van der Waals surface area contributed by atoms with Crippen LogP contribution in [0.3, 0.4) is 0 Å². The smallest absolute Gasteiger partial charge is 0.206 e. The Labute approximate surface area is 80.4 Å². The normalized spacial score (nSPS) is 13.2. The quantitative estimate of drug-likeness (QED) is 0.718. The van der Waals surface area contributed by atoms with E-state index < -0.39 is 24.3 Å². The molecule has 0 aliphatic rings. The van der Waals surface area contributed by atoms with Gasteiger partial charge in [-0.25, -0.2) is 8.42 Å². The van der Waals surface area contributed by atoms with Crippen LogP contribution in [0.25, 0.3) is 0 Å². The van der Waals surface area contributed by atoms with Crippen LogP contribution in [0, 0.1) is 0 Å². The molecule has 0 aromatic carbocycles. The van der Waals surface area contributed by atoms with Gasteiger partial charge in [0.25, 0.3) is 9.05 Å². The van der Waals surface area contributed by atoms with Gasteiger partial charge >= 0.3 is 6.18 Å². The molecule has 0 unspecified atom stereocenters. The van der Waals surface area contributed by atoms with E-state index in [1.165, 1.54) is 0 Å². The number of hydrogen-bond donors (Lipinski definition) is 0. The molecular weight excluding hydrogens is 249 g/mol. The third-order valence-corrected chi connectivity index (χ3v) is 4.32. The fraction of sp³-hybridized carbons (Fsp3) is 0.200. The molecule has 0 amide bonds. The van der Waals surface area contributed by atoms with E-state index in [-0.39, 0.29) is 11.3 Å². The lowest BCUT2D eigenvalue weighted by atomic mass is 10.5. The van der Waals surface area contributed by atoms with Crippen molar-refractivity contribution in [2.24, 2.45) is 0 Å². The molecule has 0 radical (unpaired) electrons. The predicted molar refractivity (Wildman–Crippen MR) is 42.4 cm³/mol. The molecule has 2 nitrogen and oxygen atoms in total. The Morgan fingerprint density at radius 3 is 2.08 bits per heavy atom. The molecule has 8 heteroatoms. The largest absolute Gasteiger partial charge is 0.425 e. The van der Waals surface area contributed by atoms with Gasteiger partial charge in [0, 0.05) is 10.7 Å². The number of alkyl halides is 3. The first-order valence-corrected chi connectivity index (χ1v) is 5.95. The second-order valence-electron chi connectivity index (χ2n) is 2.05. The fourth-order valence-corrected chi connectivity index (χ4v) is 2.54. The van der Waals surface area contributed by atoms with E-state index in [4.69, 9.17) is 10.7 Å². The summed E-state index contributed by atoms with van der Waals surface area (Å²) in [5.41, 5.74) is 0.